The van der Waals surface area contributed by atoms with Crippen LogP contribution < -0.4 is 0 Å². The third kappa shape index (κ3) is 31.4. The summed E-state index contributed by atoms with van der Waals surface area (Å²) in [6, 6.07) is 0. The highest BCUT2D eigenvalue weighted by Crippen LogP contribution is 2.04. The lowest BCUT2D eigenvalue weighted by Gasteiger charge is -2.13. The van der Waals surface area contributed by atoms with Crippen molar-refractivity contribution in [1.29, 1.82) is 0 Å². The molecule has 160 valence electrons. The fourth-order valence-corrected chi connectivity index (χ4v) is 0.879. The maximum absolute atomic E-state index is 8.89. The van der Waals surface area contributed by atoms with E-state index in [1.165, 1.54) is 0 Å². The van der Waals surface area contributed by atoms with E-state index in [2.05, 4.69) is 11.7 Å². The second-order valence-electron chi connectivity index (χ2n) is 5.55. The van der Waals surface area contributed by atoms with Crippen LogP contribution in [0.25, 0.3) is 0 Å². The SMILES string of the molecule is C1CO1.CC(COCC(O)CO)OCCO.CC1CO1.OCC(O)CO. The van der Waals surface area contributed by atoms with Gasteiger partial charge in [-0.05, 0) is 13.8 Å². The summed E-state index contributed by atoms with van der Waals surface area (Å²) in [5.41, 5.74) is 0. The molecule has 0 amide bonds. The molecule has 0 spiro atoms. The predicted molar refractivity (Wildman–Crippen MR) is 92.8 cm³/mol. The molecule has 10 nitrogen and oxygen atoms in total. The number of rotatable bonds is 10. The Balaban J connectivity index is 0. The second kappa shape index (κ2) is 20.9. The van der Waals surface area contributed by atoms with Crippen molar-refractivity contribution in [2.24, 2.45) is 0 Å². The van der Waals surface area contributed by atoms with Gasteiger partial charge in [-0.25, -0.2) is 0 Å². The average molecular weight is 388 g/mol. The molecule has 10 heteroatoms. The Morgan fingerprint density at radius 2 is 1.42 bits per heavy atom. The van der Waals surface area contributed by atoms with Crippen LogP contribution in [-0.2, 0) is 18.9 Å². The number of hydrogen-bond donors (Lipinski definition) is 6. The molecular formula is C16H36O10. The van der Waals surface area contributed by atoms with E-state index >= 15 is 0 Å². The van der Waals surface area contributed by atoms with Crippen LogP contribution in [0.1, 0.15) is 13.8 Å². The van der Waals surface area contributed by atoms with Gasteiger partial charge in [0.2, 0.25) is 0 Å². The summed E-state index contributed by atoms with van der Waals surface area (Å²) in [4.78, 5) is 0. The highest BCUT2D eigenvalue weighted by molar-refractivity contribution is 4.58. The quantitative estimate of drug-likeness (QED) is 0.220. The summed E-state index contributed by atoms with van der Waals surface area (Å²) in [5, 5.41) is 49.8. The van der Waals surface area contributed by atoms with E-state index in [0.29, 0.717) is 12.7 Å². The number of hydrogen-bond acceptors (Lipinski definition) is 10. The summed E-state index contributed by atoms with van der Waals surface area (Å²) >= 11 is 0. The molecule has 6 N–H and O–H groups in total. The maximum atomic E-state index is 8.89. The largest absolute Gasteiger partial charge is 0.394 e. The Hall–Kier alpha value is -0.400. The summed E-state index contributed by atoms with van der Waals surface area (Å²) in [7, 11) is 0. The van der Waals surface area contributed by atoms with E-state index < -0.39 is 12.2 Å². The summed E-state index contributed by atoms with van der Waals surface area (Å²) in [6.45, 7) is 6.54. The molecule has 2 saturated heterocycles. The lowest BCUT2D eigenvalue weighted by Crippen LogP contribution is -2.24. The molecular weight excluding hydrogens is 352 g/mol. The molecule has 3 atom stereocenters. The standard InChI is InChI=1S/C8H18O5.C3H8O3.C3H6O.C2H4O/c1-7(13-3-2-9)5-12-6-8(11)4-10;4-1-3(6)2-5;1-3-2-4-3;1-2-3-1/h7-11H,2-6H2,1H3;3-6H,1-2H2;3H,2H2,1H3;1-2H2. The smallest absolute Gasteiger partial charge is 0.100 e. The Morgan fingerprint density at radius 1 is 0.962 bits per heavy atom. The zero-order chi connectivity index (χ0) is 20.2. The van der Waals surface area contributed by atoms with E-state index in [9.17, 15) is 0 Å². The second-order valence-corrected chi connectivity index (χ2v) is 5.55. The molecule has 2 aliphatic heterocycles. The minimum atomic E-state index is -0.954. The fourth-order valence-electron chi connectivity index (χ4n) is 0.879. The highest BCUT2D eigenvalue weighted by Gasteiger charge is 2.13. The first-order chi connectivity index (χ1) is 12.4. The van der Waals surface area contributed by atoms with Gasteiger partial charge in [-0.1, -0.05) is 0 Å². The molecule has 2 fully saturated rings. The highest BCUT2D eigenvalue weighted by atomic mass is 16.6. The van der Waals surface area contributed by atoms with Crippen molar-refractivity contribution < 1.29 is 49.6 Å². The predicted octanol–water partition coefficient (Wildman–Crippen LogP) is -2.49. The number of epoxide rings is 2. The Morgan fingerprint density at radius 3 is 1.69 bits per heavy atom. The zero-order valence-electron chi connectivity index (χ0n) is 15.7. The van der Waals surface area contributed by atoms with Gasteiger partial charge in [-0.2, -0.15) is 0 Å². The van der Waals surface area contributed by atoms with E-state index in [1.54, 1.807) is 6.92 Å². The third-order valence-corrected chi connectivity index (χ3v) is 2.49. The molecule has 26 heavy (non-hydrogen) atoms. The molecule has 2 aliphatic rings. The molecule has 0 radical (unpaired) electrons. The van der Waals surface area contributed by atoms with Crippen LogP contribution >= 0.6 is 0 Å². The van der Waals surface area contributed by atoms with Crippen molar-refractivity contribution in [3.8, 4) is 0 Å². The topological polar surface area (TPSA) is 165 Å². The van der Waals surface area contributed by atoms with E-state index in [4.69, 9.17) is 44.8 Å². The molecule has 2 heterocycles. The summed E-state index contributed by atoms with van der Waals surface area (Å²) in [5.74, 6) is 0. The van der Waals surface area contributed by atoms with Gasteiger partial charge in [0.15, 0.2) is 0 Å². The van der Waals surface area contributed by atoms with E-state index in [-0.39, 0.29) is 45.7 Å². The van der Waals surface area contributed by atoms with Gasteiger partial charge >= 0.3 is 0 Å². The lowest BCUT2D eigenvalue weighted by atomic mass is 10.4. The lowest BCUT2D eigenvalue weighted by molar-refractivity contribution is -0.0475. The van der Waals surface area contributed by atoms with Crippen LogP contribution in [0.2, 0.25) is 0 Å². The van der Waals surface area contributed by atoms with Gasteiger partial charge in [0.25, 0.3) is 0 Å². The molecule has 3 unspecified atom stereocenters. The number of aliphatic hydroxyl groups excluding tert-OH is 6. The van der Waals surface area contributed by atoms with Crippen LogP contribution in [0.4, 0.5) is 0 Å². The van der Waals surface area contributed by atoms with Gasteiger partial charge in [0.05, 0.1) is 78.3 Å². The zero-order valence-corrected chi connectivity index (χ0v) is 15.7. The monoisotopic (exact) mass is 388 g/mol. The van der Waals surface area contributed by atoms with E-state index in [0.717, 1.165) is 19.8 Å². The molecule has 0 bridgehead atoms. The van der Waals surface area contributed by atoms with Crippen molar-refractivity contribution >= 4 is 0 Å². The number of aliphatic hydroxyl groups is 6. The molecule has 0 aromatic rings. The van der Waals surface area contributed by atoms with Crippen LogP contribution in [0.3, 0.4) is 0 Å². The Kier molecular flexibility index (Phi) is 22.4. The van der Waals surface area contributed by atoms with E-state index in [1.807, 2.05) is 0 Å². The van der Waals surface area contributed by atoms with Crippen LogP contribution in [0.5, 0.6) is 0 Å². The average Bonchev–Trinajstić information content (AvgIpc) is 3.54. The van der Waals surface area contributed by atoms with Crippen molar-refractivity contribution in [2.75, 3.05) is 66.1 Å². The minimum Gasteiger partial charge on any atom is -0.394 e. The van der Waals surface area contributed by atoms with Gasteiger partial charge in [0, 0.05) is 0 Å². The first-order valence-corrected chi connectivity index (χ1v) is 8.59. The van der Waals surface area contributed by atoms with Crippen molar-refractivity contribution in [3.05, 3.63) is 0 Å². The number of ether oxygens (including phenoxy) is 4. The van der Waals surface area contributed by atoms with Crippen LogP contribution in [-0.4, -0.2) is 121 Å². The van der Waals surface area contributed by atoms with Crippen LogP contribution in [0.15, 0.2) is 0 Å². The maximum Gasteiger partial charge on any atom is 0.100 e. The first-order valence-electron chi connectivity index (χ1n) is 8.59. The first kappa shape index (κ1) is 27.8. The Bertz CT molecular complexity index is 257. The molecule has 0 aliphatic carbocycles. The van der Waals surface area contributed by atoms with Crippen molar-refractivity contribution in [2.45, 2.75) is 38.3 Å². The molecule has 2 rings (SSSR count). The van der Waals surface area contributed by atoms with Crippen molar-refractivity contribution in [1.82, 2.24) is 0 Å². The molecule has 0 aromatic carbocycles. The molecule has 0 aromatic heterocycles. The van der Waals surface area contributed by atoms with Crippen LogP contribution in [0, 0.1) is 0 Å². The fraction of sp³-hybridized carbons (Fsp3) is 1.00. The van der Waals surface area contributed by atoms with Crippen molar-refractivity contribution in [3.63, 3.8) is 0 Å². The summed E-state index contributed by atoms with van der Waals surface area (Å²) in [6.07, 6.45) is -1.31. The van der Waals surface area contributed by atoms with Gasteiger partial charge in [-0.3, -0.25) is 0 Å². The van der Waals surface area contributed by atoms with Gasteiger partial charge in [0.1, 0.15) is 12.2 Å². The summed E-state index contributed by atoms with van der Waals surface area (Å²) < 4.78 is 19.3. The van der Waals surface area contributed by atoms with Gasteiger partial charge < -0.3 is 49.6 Å². The molecule has 0 saturated carbocycles. The Labute approximate surface area is 154 Å². The normalized spacial score (nSPS) is 19.0. The third-order valence-electron chi connectivity index (χ3n) is 2.49. The minimum absolute atomic E-state index is 0.0103. The van der Waals surface area contributed by atoms with Gasteiger partial charge in [-0.15, -0.1) is 0 Å².